The number of nitrogens with one attached hydrogen (secondary N) is 3. The van der Waals surface area contributed by atoms with Crippen LogP contribution in [0.25, 0.3) is 22.2 Å². The van der Waals surface area contributed by atoms with E-state index in [-0.39, 0.29) is 25.4 Å². The summed E-state index contributed by atoms with van der Waals surface area (Å²) in [6, 6.07) is 14.1. The van der Waals surface area contributed by atoms with Gasteiger partial charge in [0.15, 0.2) is 0 Å². The molecule has 2 aliphatic heterocycles. The lowest BCUT2D eigenvalue weighted by Gasteiger charge is -2.30. The van der Waals surface area contributed by atoms with Crippen molar-refractivity contribution in [1.82, 2.24) is 34.1 Å². The fraction of sp³-hybridized carbons (Fsp3) is 0.537. The molecule has 0 spiro atoms. The lowest BCUT2D eigenvalue weighted by Crippen LogP contribution is -2.58. The Kier molecular flexibility index (Phi) is 12.1. The van der Waals surface area contributed by atoms with Gasteiger partial charge in [-0.1, -0.05) is 61.4 Å². The summed E-state index contributed by atoms with van der Waals surface area (Å²) in [6.07, 6.45) is 5.68. The Morgan fingerprint density at radius 1 is 1.04 bits per heavy atom. The van der Waals surface area contributed by atoms with E-state index in [9.17, 15) is 27.6 Å². The number of ether oxygens (including phenoxy) is 2. The average molecular weight is 806 g/mol. The molecule has 3 heterocycles. The molecule has 1 aliphatic carbocycles. The quantitative estimate of drug-likeness (QED) is 0.269. The van der Waals surface area contributed by atoms with E-state index in [4.69, 9.17) is 14.5 Å². The summed E-state index contributed by atoms with van der Waals surface area (Å²) in [4.78, 5) is 62.1. The van der Waals surface area contributed by atoms with Crippen LogP contribution in [0.5, 0.6) is 6.01 Å². The van der Waals surface area contributed by atoms with E-state index in [2.05, 4.69) is 15.4 Å². The Hall–Kier alpha value is -4.96. The second-order valence-electron chi connectivity index (χ2n) is 16.7. The lowest BCUT2D eigenvalue weighted by molar-refractivity contribution is -0.141. The van der Waals surface area contributed by atoms with Crippen molar-refractivity contribution in [1.29, 1.82) is 0 Å². The number of carbonyl (C=O) groups is 4. The highest BCUT2D eigenvalue weighted by atomic mass is 32.2. The van der Waals surface area contributed by atoms with E-state index in [1.807, 2.05) is 79.1 Å². The molecule has 3 N–H and O–H groups in total. The number of imidazole rings is 1. The summed E-state index contributed by atoms with van der Waals surface area (Å²) < 4.78 is 42.6. The van der Waals surface area contributed by atoms with Gasteiger partial charge in [0.2, 0.25) is 11.8 Å². The molecule has 5 atom stereocenters. The van der Waals surface area contributed by atoms with Crippen molar-refractivity contribution >= 4 is 45.1 Å². The van der Waals surface area contributed by atoms with Crippen LogP contribution >= 0.6 is 0 Å². The topological polar surface area (TPSA) is 181 Å². The minimum absolute atomic E-state index is 0.0163. The maximum Gasteiger partial charge on any atom is 0.408 e. The van der Waals surface area contributed by atoms with Gasteiger partial charge in [-0.2, -0.15) is 17.7 Å². The highest BCUT2D eigenvalue weighted by molar-refractivity contribution is 7.87. The van der Waals surface area contributed by atoms with Gasteiger partial charge in [-0.25, -0.2) is 9.52 Å². The Morgan fingerprint density at radius 2 is 1.77 bits per heavy atom. The molecule has 2 aromatic carbocycles. The Labute approximate surface area is 334 Å². The summed E-state index contributed by atoms with van der Waals surface area (Å²) in [7, 11) is -1.58. The zero-order chi connectivity index (χ0) is 41.3. The number of benzene rings is 2. The molecule has 16 heteroatoms. The molecule has 15 nitrogen and oxygen atoms in total. The molecular formula is C41H55N7O8S. The Bertz CT molecular complexity index is 2130. The number of rotatable bonds is 8. The Balaban J connectivity index is 1.34. The predicted molar refractivity (Wildman–Crippen MR) is 215 cm³/mol. The van der Waals surface area contributed by atoms with Crippen LogP contribution in [0.1, 0.15) is 85.6 Å². The van der Waals surface area contributed by atoms with Crippen molar-refractivity contribution in [2.45, 2.75) is 115 Å². The van der Waals surface area contributed by atoms with Crippen LogP contribution in [0.2, 0.25) is 0 Å². The third-order valence-electron chi connectivity index (χ3n) is 10.6. The molecule has 2 fully saturated rings. The number of aromatic nitrogens is 2. The summed E-state index contributed by atoms with van der Waals surface area (Å²) in [5.74, 6) is -2.46. The number of hydrogen-bond acceptors (Lipinski definition) is 9. The standard InChI is InChI=1S/C41H55N7O8S/c1-26(2)48-33-21-20-28(27-16-12-11-13-17-27)22-32(33)42-38(48)55-30-23-34-35(49)44-41(37(51)45-57(53,54)46(6)7)24-29(41)18-14-9-8-10-15-19-31(36(50)47(34)25-30)43-39(52)56-40(3,4)5/h11-14,16-18,20-22,26,29-31,34H,8-10,15,19,23-25H2,1-7H3,(H,43,52)(H,44,49)(H,45,51)/b18-14-/t29-,30+,31-,34-,41+/m0/s1. The fourth-order valence-corrected chi connectivity index (χ4v) is 8.13. The molecule has 0 bridgehead atoms. The molecule has 0 radical (unpaired) electrons. The summed E-state index contributed by atoms with van der Waals surface area (Å²) in [5.41, 5.74) is 1.24. The molecule has 0 unspecified atom stereocenters. The summed E-state index contributed by atoms with van der Waals surface area (Å²) in [6.45, 7) is 9.21. The van der Waals surface area contributed by atoms with Gasteiger partial charge >= 0.3 is 16.3 Å². The zero-order valence-corrected chi connectivity index (χ0v) is 34.6. The van der Waals surface area contributed by atoms with E-state index in [0.29, 0.717) is 25.3 Å². The first-order valence-electron chi connectivity index (χ1n) is 19.7. The van der Waals surface area contributed by atoms with Crippen LogP contribution < -0.4 is 20.1 Å². The second kappa shape index (κ2) is 16.5. The number of fused-ring (bicyclic) bond motifs is 3. The number of carbonyl (C=O) groups excluding carboxylic acids is 4. The van der Waals surface area contributed by atoms with E-state index in [1.54, 1.807) is 20.8 Å². The molecular weight excluding hydrogens is 751 g/mol. The third-order valence-corrected chi connectivity index (χ3v) is 12.0. The molecule has 1 saturated carbocycles. The van der Waals surface area contributed by atoms with Crippen molar-refractivity contribution in [3.63, 3.8) is 0 Å². The van der Waals surface area contributed by atoms with Crippen molar-refractivity contribution < 1.29 is 37.1 Å². The maximum atomic E-state index is 14.6. The van der Waals surface area contributed by atoms with Crippen molar-refractivity contribution in [2.24, 2.45) is 5.92 Å². The average Bonchev–Trinajstić information content (AvgIpc) is 3.47. The number of nitrogens with zero attached hydrogens (tertiary/aromatic N) is 4. The van der Waals surface area contributed by atoms with E-state index < -0.39 is 69.3 Å². The molecule has 6 rings (SSSR count). The summed E-state index contributed by atoms with van der Waals surface area (Å²) in [5, 5.41) is 5.62. The normalized spacial score (nSPS) is 25.2. The highest BCUT2D eigenvalue weighted by Crippen LogP contribution is 2.46. The van der Waals surface area contributed by atoms with Gasteiger partial charge in [-0.15, -0.1) is 0 Å². The lowest BCUT2D eigenvalue weighted by atomic mass is 10.0. The molecule has 57 heavy (non-hydrogen) atoms. The number of amides is 4. The van der Waals surface area contributed by atoms with Crippen LogP contribution in [-0.4, -0.2) is 101 Å². The SMILES string of the molecule is CC(C)n1c(O[C@@H]2C[C@H]3C(=O)N[C@]4(C(=O)NS(=O)(=O)N(C)C)C[C@@H]4/C=C\CCCCC[C@H](NC(=O)OC(C)(C)C)C(=O)N3C2)nc2cc(-c3ccccc3)ccc21. The smallest absolute Gasteiger partial charge is 0.408 e. The largest absolute Gasteiger partial charge is 0.459 e. The molecule has 3 aliphatic rings. The first-order chi connectivity index (χ1) is 26.9. The van der Waals surface area contributed by atoms with Gasteiger partial charge in [-0.3, -0.25) is 19.0 Å². The van der Waals surface area contributed by atoms with E-state index >= 15 is 0 Å². The molecule has 1 saturated heterocycles. The zero-order valence-electron chi connectivity index (χ0n) is 33.8. The van der Waals surface area contributed by atoms with Crippen LogP contribution in [0.3, 0.4) is 0 Å². The van der Waals surface area contributed by atoms with Crippen molar-refractivity contribution in [3.05, 3.63) is 60.7 Å². The summed E-state index contributed by atoms with van der Waals surface area (Å²) >= 11 is 0. The van der Waals surface area contributed by atoms with E-state index in [1.165, 1.54) is 19.0 Å². The minimum Gasteiger partial charge on any atom is -0.459 e. The van der Waals surface area contributed by atoms with Gasteiger partial charge in [0, 0.05) is 32.5 Å². The van der Waals surface area contributed by atoms with Gasteiger partial charge in [0.05, 0.1) is 17.6 Å². The number of allylic oxidation sites excluding steroid dienone is 1. The number of hydrogen-bond donors (Lipinski definition) is 3. The first kappa shape index (κ1) is 41.7. The van der Waals surface area contributed by atoms with Gasteiger partial charge < -0.3 is 25.0 Å². The fourth-order valence-electron chi connectivity index (χ4n) is 7.53. The second-order valence-corrected chi connectivity index (χ2v) is 18.5. The van der Waals surface area contributed by atoms with Crippen LogP contribution in [0, 0.1) is 5.92 Å². The predicted octanol–water partition coefficient (Wildman–Crippen LogP) is 4.84. The van der Waals surface area contributed by atoms with Crippen LogP contribution in [-0.2, 0) is 29.3 Å². The van der Waals surface area contributed by atoms with E-state index in [0.717, 1.165) is 39.3 Å². The molecule has 3 aromatic rings. The van der Waals surface area contributed by atoms with Gasteiger partial charge in [0.1, 0.15) is 29.3 Å². The third kappa shape index (κ3) is 9.44. The van der Waals surface area contributed by atoms with Crippen molar-refractivity contribution in [3.8, 4) is 17.1 Å². The first-order valence-corrected chi connectivity index (χ1v) is 21.1. The maximum absolute atomic E-state index is 14.6. The van der Waals surface area contributed by atoms with Gasteiger partial charge in [0.25, 0.3) is 11.9 Å². The van der Waals surface area contributed by atoms with Crippen molar-refractivity contribution in [2.75, 3.05) is 20.6 Å². The minimum atomic E-state index is -4.17. The highest BCUT2D eigenvalue weighted by Gasteiger charge is 2.61. The molecule has 1 aromatic heterocycles. The van der Waals surface area contributed by atoms with Crippen LogP contribution in [0.15, 0.2) is 60.7 Å². The van der Waals surface area contributed by atoms with Gasteiger partial charge in [-0.05, 0) is 83.6 Å². The number of alkyl carbamates (subject to hydrolysis) is 1. The van der Waals surface area contributed by atoms with Crippen LogP contribution in [0.4, 0.5) is 4.79 Å². The molecule has 308 valence electrons. The molecule has 4 amide bonds. The Morgan fingerprint density at radius 3 is 2.46 bits per heavy atom. The monoisotopic (exact) mass is 805 g/mol.